The zero-order valence-corrected chi connectivity index (χ0v) is 19.5. The van der Waals surface area contributed by atoms with Crippen LogP contribution in [0.25, 0.3) is 11.5 Å². The number of aromatic nitrogens is 6. The minimum Gasteiger partial charge on any atom is -0.489 e. The van der Waals surface area contributed by atoms with E-state index in [0.717, 1.165) is 28.1 Å². The van der Waals surface area contributed by atoms with Crippen molar-refractivity contribution < 1.29 is 9.53 Å². The molecular formula is C25H20ClN7O2. The molecule has 0 aliphatic carbocycles. The monoisotopic (exact) mass is 485 g/mol. The van der Waals surface area contributed by atoms with E-state index < -0.39 is 0 Å². The Morgan fingerprint density at radius 2 is 1.97 bits per heavy atom. The topological polar surface area (TPSA) is 99.2 Å². The van der Waals surface area contributed by atoms with E-state index >= 15 is 0 Å². The maximum Gasteiger partial charge on any atom is 0.226 e. The molecule has 6 rings (SSSR count). The summed E-state index contributed by atoms with van der Waals surface area (Å²) in [5.41, 5.74) is 4.42. The van der Waals surface area contributed by atoms with Gasteiger partial charge >= 0.3 is 0 Å². The molecule has 35 heavy (non-hydrogen) atoms. The first-order chi connectivity index (χ1) is 17.0. The highest BCUT2D eigenvalue weighted by Crippen LogP contribution is 2.40. The first kappa shape index (κ1) is 21.3. The van der Waals surface area contributed by atoms with Crippen molar-refractivity contribution in [2.75, 3.05) is 5.32 Å². The lowest BCUT2D eigenvalue weighted by molar-refractivity contribution is -0.116. The number of nitrogens with zero attached hydrogens (tertiary/aromatic N) is 6. The van der Waals surface area contributed by atoms with E-state index in [-0.39, 0.29) is 11.8 Å². The number of rotatable bonds is 5. The van der Waals surface area contributed by atoms with Crippen LogP contribution in [-0.4, -0.2) is 35.5 Å². The second kappa shape index (κ2) is 8.52. The third-order valence-corrected chi connectivity index (χ3v) is 6.30. The van der Waals surface area contributed by atoms with Gasteiger partial charge in [-0.1, -0.05) is 35.9 Å². The minimum atomic E-state index is -0.162. The molecule has 0 spiro atoms. The standard InChI is InChI=1S/C25H20ClN7O2/c1-15-24-20(17-3-2-4-19(11-17)35-13-16-5-7-18(26)8-6-16)12-23(34)28-25(24)33(30-15)22-10-9-21-29-27-14-32(21)31-22/h2-11,14,20H,12-13H2,1H3,(H,28,34)/t20-/m1/s1. The smallest absolute Gasteiger partial charge is 0.226 e. The first-order valence-corrected chi connectivity index (χ1v) is 11.5. The van der Waals surface area contributed by atoms with E-state index in [1.165, 1.54) is 6.33 Å². The molecule has 0 radical (unpaired) electrons. The summed E-state index contributed by atoms with van der Waals surface area (Å²) in [4.78, 5) is 12.8. The Labute approximate surface area is 205 Å². The molecule has 10 heteroatoms. The molecule has 5 aromatic rings. The summed E-state index contributed by atoms with van der Waals surface area (Å²) < 4.78 is 9.26. The summed E-state index contributed by atoms with van der Waals surface area (Å²) in [6.07, 6.45) is 1.84. The van der Waals surface area contributed by atoms with Crippen LogP contribution in [0.15, 0.2) is 67.0 Å². The molecule has 2 aromatic carbocycles. The van der Waals surface area contributed by atoms with Gasteiger partial charge < -0.3 is 10.1 Å². The predicted molar refractivity (Wildman–Crippen MR) is 130 cm³/mol. The van der Waals surface area contributed by atoms with Gasteiger partial charge in [-0.15, -0.1) is 15.3 Å². The SMILES string of the molecule is Cc1nn(-c2ccc3nncn3n2)c2c1[C@@H](c1cccc(OCc3ccc(Cl)cc3)c1)CC(=O)N2. The molecule has 0 fully saturated rings. The Kier molecular flexibility index (Phi) is 5.18. The number of hydrogen-bond donors (Lipinski definition) is 1. The second-order valence-electron chi connectivity index (χ2n) is 8.38. The van der Waals surface area contributed by atoms with Crippen molar-refractivity contribution in [1.82, 2.24) is 29.6 Å². The van der Waals surface area contributed by atoms with Crippen LogP contribution in [0.3, 0.4) is 0 Å². The molecule has 174 valence electrons. The Morgan fingerprint density at radius 3 is 2.83 bits per heavy atom. The van der Waals surface area contributed by atoms with E-state index in [4.69, 9.17) is 21.4 Å². The van der Waals surface area contributed by atoms with E-state index in [1.54, 1.807) is 15.3 Å². The summed E-state index contributed by atoms with van der Waals surface area (Å²) in [5.74, 6) is 1.67. The fourth-order valence-electron chi connectivity index (χ4n) is 4.40. The van der Waals surface area contributed by atoms with Gasteiger partial charge in [0.1, 0.15) is 24.5 Å². The Bertz CT molecular complexity index is 1560. The fourth-order valence-corrected chi connectivity index (χ4v) is 4.52. The van der Waals surface area contributed by atoms with Crippen LogP contribution >= 0.6 is 11.6 Å². The van der Waals surface area contributed by atoms with Crippen molar-refractivity contribution in [3.8, 4) is 11.6 Å². The number of carbonyl (C=O) groups excluding carboxylic acids is 1. The average Bonchev–Trinajstić information content (AvgIpc) is 3.47. The van der Waals surface area contributed by atoms with E-state index in [9.17, 15) is 4.79 Å². The van der Waals surface area contributed by atoms with Gasteiger partial charge in [0.25, 0.3) is 0 Å². The van der Waals surface area contributed by atoms with Gasteiger partial charge in [-0.25, -0.2) is 0 Å². The van der Waals surface area contributed by atoms with Crippen molar-refractivity contribution in [1.29, 1.82) is 0 Å². The van der Waals surface area contributed by atoms with Crippen LogP contribution < -0.4 is 10.1 Å². The summed E-state index contributed by atoms with van der Waals surface area (Å²) in [5, 5.41) is 20.8. The van der Waals surface area contributed by atoms with Gasteiger partial charge in [0.05, 0.1) is 5.69 Å². The number of benzene rings is 2. The average molecular weight is 486 g/mol. The van der Waals surface area contributed by atoms with Gasteiger partial charge in [-0.05, 0) is 54.4 Å². The number of hydrogen-bond acceptors (Lipinski definition) is 6. The van der Waals surface area contributed by atoms with Crippen molar-refractivity contribution in [3.05, 3.63) is 94.4 Å². The Balaban J connectivity index is 1.33. The molecule has 0 unspecified atom stereocenters. The summed E-state index contributed by atoms with van der Waals surface area (Å²) in [6, 6.07) is 19.0. The molecular weight excluding hydrogens is 466 g/mol. The minimum absolute atomic E-state index is 0.0819. The second-order valence-corrected chi connectivity index (χ2v) is 8.81. The molecule has 1 amide bonds. The number of aryl methyl sites for hydroxylation is 1. The van der Waals surface area contributed by atoms with Crippen LogP contribution in [-0.2, 0) is 11.4 Å². The first-order valence-electron chi connectivity index (χ1n) is 11.1. The van der Waals surface area contributed by atoms with Gasteiger partial charge in [0.15, 0.2) is 11.5 Å². The number of carbonyl (C=O) groups is 1. The van der Waals surface area contributed by atoms with Gasteiger partial charge in [-0.2, -0.15) is 14.3 Å². The van der Waals surface area contributed by atoms with Crippen molar-refractivity contribution in [3.63, 3.8) is 0 Å². The van der Waals surface area contributed by atoms with Crippen LogP contribution in [0, 0.1) is 6.92 Å². The molecule has 4 heterocycles. The molecule has 9 nitrogen and oxygen atoms in total. The van der Waals surface area contributed by atoms with Crippen molar-refractivity contribution in [2.24, 2.45) is 0 Å². The molecule has 1 aliphatic heterocycles. The fraction of sp³-hybridized carbons (Fsp3) is 0.160. The highest BCUT2D eigenvalue weighted by atomic mass is 35.5. The van der Waals surface area contributed by atoms with Crippen LogP contribution in [0.2, 0.25) is 5.02 Å². The lowest BCUT2D eigenvalue weighted by Gasteiger charge is -2.24. The molecule has 0 saturated carbocycles. The largest absolute Gasteiger partial charge is 0.489 e. The zero-order valence-electron chi connectivity index (χ0n) is 18.7. The highest BCUT2D eigenvalue weighted by molar-refractivity contribution is 6.30. The normalized spacial score (nSPS) is 15.1. The molecule has 1 atom stereocenters. The highest BCUT2D eigenvalue weighted by Gasteiger charge is 2.33. The number of anilines is 1. The number of ether oxygens (including phenoxy) is 1. The summed E-state index contributed by atoms with van der Waals surface area (Å²) in [7, 11) is 0. The molecule has 1 N–H and O–H groups in total. The van der Waals surface area contributed by atoms with Crippen LogP contribution in [0.1, 0.15) is 34.7 Å². The number of fused-ring (bicyclic) bond motifs is 2. The number of nitrogens with one attached hydrogen (secondary N) is 1. The van der Waals surface area contributed by atoms with Crippen LogP contribution in [0.5, 0.6) is 5.75 Å². The van der Waals surface area contributed by atoms with Gasteiger partial charge in [0.2, 0.25) is 5.91 Å². The molecule has 0 bridgehead atoms. The molecule has 1 aliphatic rings. The molecule has 0 saturated heterocycles. The van der Waals surface area contributed by atoms with E-state index in [2.05, 4.69) is 20.6 Å². The maximum absolute atomic E-state index is 12.8. The summed E-state index contributed by atoms with van der Waals surface area (Å²) >= 11 is 5.97. The maximum atomic E-state index is 12.8. The van der Waals surface area contributed by atoms with E-state index in [1.807, 2.05) is 61.5 Å². The zero-order chi connectivity index (χ0) is 23.9. The Hall–Kier alpha value is -4.24. The lowest BCUT2D eigenvalue weighted by atomic mass is 9.86. The van der Waals surface area contributed by atoms with Gasteiger partial charge in [0, 0.05) is 22.9 Å². The number of halogens is 1. The molecule has 3 aromatic heterocycles. The Morgan fingerprint density at radius 1 is 1.11 bits per heavy atom. The lowest BCUT2D eigenvalue weighted by Crippen LogP contribution is -2.25. The quantitative estimate of drug-likeness (QED) is 0.398. The predicted octanol–water partition coefficient (Wildman–Crippen LogP) is 4.32. The summed E-state index contributed by atoms with van der Waals surface area (Å²) in [6.45, 7) is 2.36. The van der Waals surface area contributed by atoms with Crippen LogP contribution in [0.4, 0.5) is 5.82 Å². The third-order valence-electron chi connectivity index (χ3n) is 6.05. The number of amides is 1. The van der Waals surface area contributed by atoms with E-state index in [0.29, 0.717) is 35.3 Å². The third kappa shape index (κ3) is 4.00. The van der Waals surface area contributed by atoms with Crippen molar-refractivity contribution >= 4 is 29.0 Å². The van der Waals surface area contributed by atoms with Crippen molar-refractivity contribution in [2.45, 2.75) is 25.9 Å². The van der Waals surface area contributed by atoms with Gasteiger partial charge in [-0.3, -0.25) is 4.79 Å².